The molecule has 1 aromatic rings. The zero-order valence-electron chi connectivity index (χ0n) is 7.24. The first-order valence-electron chi connectivity index (χ1n) is 3.72. The highest BCUT2D eigenvalue weighted by Gasteiger charge is 1.98. The monoisotopic (exact) mass is 201 g/mol. The third-order valence-corrected chi connectivity index (χ3v) is 2.17. The van der Waals surface area contributed by atoms with Crippen molar-refractivity contribution in [1.29, 1.82) is 0 Å². The molecular formula is C7H11N3O2S. The van der Waals surface area contributed by atoms with Crippen molar-refractivity contribution in [3.05, 3.63) is 16.1 Å². The standard InChI is InChI=1S/C7H11N3O2S/c1-5-4-13-7(10-5)2-9-12-3-6(8)11/h4,9H,2-3H2,1H3,(H2,8,11). The Morgan fingerprint density at radius 1 is 1.85 bits per heavy atom. The van der Waals surface area contributed by atoms with E-state index < -0.39 is 5.91 Å². The summed E-state index contributed by atoms with van der Waals surface area (Å²) in [5, 5.41) is 2.87. The van der Waals surface area contributed by atoms with Gasteiger partial charge in [0.15, 0.2) is 0 Å². The number of carbonyl (C=O) groups excluding carboxylic acids is 1. The number of carbonyl (C=O) groups is 1. The molecule has 0 unspecified atom stereocenters. The number of aromatic nitrogens is 1. The minimum atomic E-state index is -0.497. The van der Waals surface area contributed by atoms with Crippen molar-refractivity contribution in [2.45, 2.75) is 13.5 Å². The number of nitrogens with zero attached hydrogens (tertiary/aromatic N) is 1. The molecule has 0 atom stereocenters. The number of nitrogens with one attached hydrogen (secondary N) is 1. The summed E-state index contributed by atoms with van der Waals surface area (Å²) in [4.78, 5) is 19.2. The Hall–Kier alpha value is -0.980. The quantitative estimate of drug-likeness (QED) is 0.517. The van der Waals surface area contributed by atoms with Crippen LogP contribution in [0.2, 0.25) is 0 Å². The van der Waals surface area contributed by atoms with Crippen molar-refractivity contribution in [1.82, 2.24) is 10.5 Å². The molecule has 0 bridgehead atoms. The van der Waals surface area contributed by atoms with Gasteiger partial charge in [-0.3, -0.25) is 9.63 Å². The fourth-order valence-electron chi connectivity index (χ4n) is 0.719. The van der Waals surface area contributed by atoms with Crippen LogP contribution in [0.4, 0.5) is 0 Å². The minimum absolute atomic E-state index is 0.121. The molecule has 1 aromatic heterocycles. The smallest absolute Gasteiger partial charge is 0.245 e. The Morgan fingerprint density at radius 2 is 2.62 bits per heavy atom. The van der Waals surface area contributed by atoms with E-state index in [1.54, 1.807) is 0 Å². The van der Waals surface area contributed by atoms with Crippen molar-refractivity contribution in [3.63, 3.8) is 0 Å². The largest absolute Gasteiger partial charge is 0.368 e. The van der Waals surface area contributed by atoms with Crippen molar-refractivity contribution in [2.24, 2.45) is 5.73 Å². The second-order valence-corrected chi connectivity index (χ2v) is 3.40. The van der Waals surface area contributed by atoms with Crippen LogP contribution >= 0.6 is 11.3 Å². The van der Waals surface area contributed by atoms with Gasteiger partial charge in [-0.1, -0.05) is 0 Å². The molecule has 0 saturated carbocycles. The average Bonchev–Trinajstić information content (AvgIpc) is 2.45. The molecule has 5 nitrogen and oxygen atoms in total. The topological polar surface area (TPSA) is 77.2 Å². The molecule has 0 aromatic carbocycles. The predicted molar refractivity (Wildman–Crippen MR) is 48.8 cm³/mol. The van der Waals surface area contributed by atoms with Gasteiger partial charge in [0.1, 0.15) is 11.6 Å². The summed E-state index contributed by atoms with van der Waals surface area (Å²) in [5.41, 5.74) is 8.44. The lowest BCUT2D eigenvalue weighted by atomic mass is 10.6. The molecule has 1 amide bonds. The van der Waals surface area contributed by atoms with Gasteiger partial charge in [-0.25, -0.2) is 4.98 Å². The number of aryl methyl sites for hydroxylation is 1. The molecule has 13 heavy (non-hydrogen) atoms. The number of hydrogen-bond acceptors (Lipinski definition) is 5. The average molecular weight is 201 g/mol. The Bertz CT molecular complexity index is 287. The molecule has 0 spiro atoms. The fourth-order valence-corrected chi connectivity index (χ4v) is 1.42. The lowest BCUT2D eigenvalue weighted by Gasteiger charge is -2.00. The van der Waals surface area contributed by atoms with Crippen LogP contribution in [0.25, 0.3) is 0 Å². The van der Waals surface area contributed by atoms with Gasteiger partial charge in [-0.05, 0) is 6.92 Å². The number of amides is 1. The second kappa shape index (κ2) is 4.90. The van der Waals surface area contributed by atoms with Gasteiger partial charge < -0.3 is 5.73 Å². The summed E-state index contributed by atoms with van der Waals surface area (Å²) in [6.45, 7) is 2.29. The van der Waals surface area contributed by atoms with Gasteiger partial charge in [-0.2, -0.15) is 5.48 Å². The number of rotatable bonds is 5. The first-order chi connectivity index (χ1) is 6.18. The maximum Gasteiger partial charge on any atom is 0.245 e. The highest BCUT2D eigenvalue weighted by molar-refractivity contribution is 7.09. The highest BCUT2D eigenvalue weighted by Crippen LogP contribution is 2.07. The SMILES string of the molecule is Cc1csc(CNOCC(N)=O)n1. The summed E-state index contributed by atoms with van der Waals surface area (Å²) in [5.74, 6) is -0.497. The molecular weight excluding hydrogens is 190 g/mol. The number of nitrogens with two attached hydrogens (primary N) is 1. The van der Waals surface area contributed by atoms with Crippen LogP contribution in [0.15, 0.2) is 5.38 Å². The molecule has 0 radical (unpaired) electrons. The minimum Gasteiger partial charge on any atom is -0.368 e. The van der Waals surface area contributed by atoms with E-state index in [1.807, 2.05) is 12.3 Å². The molecule has 0 aliphatic carbocycles. The van der Waals surface area contributed by atoms with Crippen molar-refractivity contribution >= 4 is 17.2 Å². The first-order valence-corrected chi connectivity index (χ1v) is 4.60. The zero-order valence-corrected chi connectivity index (χ0v) is 8.06. The number of hydrogen-bond donors (Lipinski definition) is 2. The maximum atomic E-state index is 10.3. The Morgan fingerprint density at radius 3 is 3.15 bits per heavy atom. The van der Waals surface area contributed by atoms with E-state index in [4.69, 9.17) is 10.6 Å². The molecule has 0 aliphatic heterocycles. The van der Waals surface area contributed by atoms with Crippen molar-refractivity contribution in [3.8, 4) is 0 Å². The Labute approximate surface area is 79.9 Å². The third kappa shape index (κ3) is 3.97. The number of hydroxylamine groups is 1. The summed E-state index contributed by atoms with van der Waals surface area (Å²) in [6, 6.07) is 0. The summed E-state index contributed by atoms with van der Waals surface area (Å²) >= 11 is 1.54. The van der Waals surface area contributed by atoms with Gasteiger partial charge >= 0.3 is 0 Å². The molecule has 72 valence electrons. The van der Waals surface area contributed by atoms with Crippen LogP contribution in [-0.4, -0.2) is 17.5 Å². The van der Waals surface area contributed by atoms with Crippen molar-refractivity contribution < 1.29 is 9.63 Å². The van der Waals surface area contributed by atoms with E-state index in [0.717, 1.165) is 10.7 Å². The van der Waals surface area contributed by atoms with Gasteiger partial charge in [0.2, 0.25) is 5.91 Å². The molecule has 3 N–H and O–H groups in total. The Kier molecular flexibility index (Phi) is 3.81. The third-order valence-electron chi connectivity index (χ3n) is 1.21. The molecule has 1 heterocycles. The van der Waals surface area contributed by atoms with E-state index in [2.05, 4.69) is 10.5 Å². The van der Waals surface area contributed by atoms with E-state index in [0.29, 0.717) is 6.54 Å². The van der Waals surface area contributed by atoms with Crippen LogP contribution in [0.1, 0.15) is 10.7 Å². The molecule has 1 rings (SSSR count). The van der Waals surface area contributed by atoms with Gasteiger partial charge in [0, 0.05) is 11.1 Å². The second-order valence-electron chi connectivity index (χ2n) is 2.46. The van der Waals surface area contributed by atoms with Gasteiger partial charge in [0.25, 0.3) is 0 Å². The van der Waals surface area contributed by atoms with Crippen LogP contribution in [0, 0.1) is 6.92 Å². The molecule has 0 aliphatic rings. The number of thiazole rings is 1. The first kappa shape index (κ1) is 10.1. The lowest BCUT2D eigenvalue weighted by molar-refractivity contribution is -0.125. The maximum absolute atomic E-state index is 10.3. The van der Waals surface area contributed by atoms with Crippen LogP contribution in [0.5, 0.6) is 0 Å². The molecule has 0 fully saturated rings. The van der Waals surface area contributed by atoms with Crippen LogP contribution in [0.3, 0.4) is 0 Å². The summed E-state index contributed by atoms with van der Waals surface area (Å²) < 4.78 is 0. The fraction of sp³-hybridized carbons (Fsp3) is 0.429. The summed E-state index contributed by atoms with van der Waals surface area (Å²) in [7, 11) is 0. The van der Waals surface area contributed by atoms with E-state index in [9.17, 15) is 4.79 Å². The highest BCUT2D eigenvalue weighted by atomic mass is 32.1. The summed E-state index contributed by atoms with van der Waals surface area (Å²) in [6.07, 6.45) is 0. The zero-order chi connectivity index (χ0) is 9.68. The van der Waals surface area contributed by atoms with Crippen LogP contribution in [-0.2, 0) is 16.2 Å². The van der Waals surface area contributed by atoms with Crippen molar-refractivity contribution in [2.75, 3.05) is 6.61 Å². The lowest BCUT2D eigenvalue weighted by Crippen LogP contribution is -2.24. The molecule has 6 heteroatoms. The number of primary amides is 1. The van der Waals surface area contributed by atoms with Crippen LogP contribution < -0.4 is 11.2 Å². The normalized spacial score (nSPS) is 10.2. The van der Waals surface area contributed by atoms with Gasteiger partial charge in [-0.15, -0.1) is 11.3 Å². The van der Waals surface area contributed by atoms with Gasteiger partial charge in [0.05, 0.1) is 6.54 Å². The molecule has 0 saturated heterocycles. The van der Waals surface area contributed by atoms with E-state index in [-0.39, 0.29) is 6.61 Å². The van der Waals surface area contributed by atoms with E-state index in [1.165, 1.54) is 11.3 Å². The predicted octanol–water partition coefficient (Wildman–Crippen LogP) is -0.0420. The Balaban J connectivity index is 2.16. The van der Waals surface area contributed by atoms with E-state index >= 15 is 0 Å².